The van der Waals surface area contributed by atoms with E-state index in [0.29, 0.717) is 43.0 Å². The van der Waals surface area contributed by atoms with Crippen molar-refractivity contribution in [3.63, 3.8) is 0 Å². The van der Waals surface area contributed by atoms with Crippen LogP contribution in [0.25, 0.3) is 0 Å². The van der Waals surface area contributed by atoms with Gasteiger partial charge in [0.25, 0.3) is 5.91 Å². The topological polar surface area (TPSA) is 97.4 Å². The molecule has 2 bridgehead atoms. The highest BCUT2D eigenvalue weighted by Gasteiger charge is 2.44. The Morgan fingerprint density at radius 2 is 1.76 bits per heavy atom. The molecule has 2 fully saturated rings. The summed E-state index contributed by atoms with van der Waals surface area (Å²) < 4.78 is 48.9. The molecule has 270 valence electrons. The SMILES string of the molecule is CCN(C)[C@H]1CO[C@@H]([C@H]2CCC[C@H](C)[C@@H](C)S(=O)(=O)NC(=O)c3ccc4c(c3)N(CCCCc3cc(Cl)ccc3CO4)C[C@@H]3CC[C@H]32)OC1. The maximum atomic E-state index is 13.5. The molecule has 11 heteroatoms. The molecule has 3 heterocycles. The van der Waals surface area contributed by atoms with E-state index in [0.717, 1.165) is 87.3 Å². The highest BCUT2D eigenvalue weighted by molar-refractivity contribution is 7.90. The lowest BCUT2D eigenvalue weighted by Crippen LogP contribution is -2.51. The van der Waals surface area contributed by atoms with Crippen LogP contribution >= 0.6 is 11.6 Å². The fourth-order valence-corrected chi connectivity index (χ4v) is 9.57. The number of sulfonamides is 1. The molecule has 5 atom stereocenters. The zero-order valence-electron chi connectivity index (χ0n) is 29.5. The molecule has 4 aliphatic rings. The summed E-state index contributed by atoms with van der Waals surface area (Å²) in [6.45, 7) is 10.1. The first-order valence-electron chi connectivity index (χ1n) is 18.3. The summed E-state index contributed by atoms with van der Waals surface area (Å²) in [5.41, 5.74) is 3.42. The van der Waals surface area contributed by atoms with Gasteiger partial charge in [-0.1, -0.05) is 37.9 Å². The van der Waals surface area contributed by atoms with Crippen molar-refractivity contribution in [1.82, 2.24) is 9.62 Å². The van der Waals surface area contributed by atoms with Crippen molar-refractivity contribution in [3.05, 3.63) is 58.1 Å². The number of halogens is 1. The third kappa shape index (κ3) is 8.41. The van der Waals surface area contributed by atoms with Gasteiger partial charge < -0.3 is 19.1 Å². The smallest absolute Gasteiger partial charge is 0.264 e. The molecule has 9 nitrogen and oxygen atoms in total. The number of carbonyl (C=O) groups is 1. The lowest BCUT2D eigenvalue weighted by Gasteiger charge is -2.48. The van der Waals surface area contributed by atoms with Gasteiger partial charge in [-0.25, -0.2) is 13.1 Å². The largest absolute Gasteiger partial charge is 0.487 e. The molecule has 1 aliphatic carbocycles. The first-order chi connectivity index (χ1) is 23.5. The number of carbonyl (C=O) groups excluding carboxylic acids is 1. The molecule has 49 heavy (non-hydrogen) atoms. The number of ether oxygens (including phenoxy) is 3. The molecule has 1 saturated carbocycles. The van der Waals surface area contributed by atoms with Crippen LogP contribution < -0.4 is 14.4 Å². The minimum absolute atomic E-state index is 0.124. The zero-order valence-corrected chi connectivity index (χ0v) is 31.1. The molecule has 0 aromatic heterocycles. The number of benzene rings is 2. The van der Waals surface area contributed by atoms with E-state index in [1.54, 1.807) is 13.0 Å². The molecular formula is C38H54ClN3O6S. The maximum Gasteiger partial charge on any atom is 0.264 e. The van der Waals surface area contributed by atoms with Gasteiger partial charge >= 0.3 is 0 Å². The number of nitrogens with one attached hydrogen (secondary N) is 1. The van der Waals surface area contributed by atoms with Crippen LogP contribution in [-0.2, 0) is 32.5 Å². The molecule has 6 rings (SSSR count). The van der Waals surface area contributed by atoms with E-state index in [-0.39, 0.29) is 24.2 Å². The first kappa shape index (κ1) is 36.4. The standard InChI is InChI=1S/C38H54ClN3O6S/c1-5-41(4)32-23-47-38(48-24-32)34-11-8-9-25(2)26(3)49(44,45)40-37(43)28-14-17-36-35(20-28)42(21-29-13-16-33(29)34)18-7-6-10-27-19-31(39)15-12-30(27)22-46-36/h12,14-15,17,19-20,25-26,29,32-34,38H,5-11,13,16,18,21-24H2,1-4H3,(H,40,43)/t25-,26+,29-,32-,33+,34-,38+/m0/s1. The maximum absolute atomic E-state index is 13.5. The van der Waals surface area contributed by atoms with Gasteiger partial charge in [0.2, 0.25) is 10.0 Å². The average molecular weight is 716 g/mol. The van der Waals surface area contributed by atoms with Gasteiger partial charge in [0.05, 0.1) is 30.2 Å². The van der Waals surface area contributed by atoms with E-state index in [1.165, 1.54) is 5.56 Å². The number of hydrogen-bond acceptors (Lipinski definition) is 8. The summed E-state index contributed by atoms with van der Waals surface area (Å²) >= 11 is 6.38. The number of nitrogens with zero attached hydrogens (tertiary/aromatic N) is 2. The second-order valence-electron chi connectivity index (χ2n) is 14.8. The molecule has 0 spiro atoms. The van der Waals surface area contributed by atoms with Crippen LogP contribution in [0.4, 0.5) is 5.69 Å². The molecule has 1 N–H and O–H groups in total. The Hall–Kier alpha value is -2.37. The Morgan fingerprint density at radius 3 is 2.49 bits per heavy atom. The summed E-state index contributed by atoms with van der Waals surface area (Å²) in [6, 6.07) is 11.5. The van der Waals surface area contributed by atoms with E-state index in [1.807, 2.05) is 37.3 Å². The predicted octanol–water partition coefficient (Wildman–Crippen LogP) is 6.67. The summed E-state index contributed by atoms with van der Waals surface area (Å²) in [6.07, 6.45) is 7.35. The second-order valence-corrected chi connectivity index (χ2v) is 17.3. The Balaban J connectivity index is 1.34. The van der Waals surface area contributed by atoms with Gasteiger partial charge in [-0.3, -0.25) is 9.69 Å². The van der Waals surface area contributed by atoms with E-state index >= 15 is 0 Å². The molecule has 2 aromatic rings. The number of rotatable bonds is 3. The fraction of sp³-hybridized carbons (Fsp3) is 0.658. The number of amides is 1. The van der Waals surface area contributed by atoms with Crippen molar-refractivity contribution in [3.8, 4) is 5.75 Å². The molecule has 1 amide bonds. The second kappa shape index (κ2) is 15.9. The van der Waals surface area contributed by atoms with Gasteiger partial charge in [-0.05, 0) is 125 Å². The quantitative estimate of drug-likeness (QED) is 0.377. The molecular weight excluding hydrogens is 662 g/mol. The van der Waals surface area contributed by atoms with Crippen molar-refractivity contribution < 1.29 is 27.4 Å². The van der Waals surface area contributed by atoms with Crippen molar-refractivity contribution in [2.45, 2.75) is 96.3 Å². The van der Waals surface area contributed by atoms with Gasteiger partial charge in [-0.15, -0.1) is 0 Å². The van der Waals surface area contributed by atoms with Crippen LogP contribution in [-0.4, -0.2) is 76.7 Å². The molecule has 0 radical (unpaired) electrons. The highest BCUT2D eigenvalue weighted by Crippen LogP contribution is 2.46. The lowest BCUT2D eigenvalue weighted by atomic mass is 9.65. The molecule has 3 aliphatic heterocycles. The normalized spacial score (nSPS) is 31.3. The van der Waals surface area contributed by atoms with Gasteiger partial charge in [0, 0.05) is 29.6 Å². The Bertz CT molecular complexity index is 1560. The Kier molecular flexibility index (Phi) is 11.8. The number of likely N-dealkylation sites (N-methyl/N-ethyl adjacent to an activating group) is 1. The number of hydrogen-bond donors (Lipinski definition) is 1. The van der Waals surface area contributed by atoms with Crippen molar-refractivity contribution in [1.29, 1.82) is 0 Å². The van der Waals surface area contributed by atoms with Crippen LogP contribution in [0.3, 0.4) is 0 Å². The van der Waals surface area contributed by atoms with Crippen molar-refractivity contribution in [2.24, 2.45) is 23.7 Å². The van der Waals surface area contributed by atoms with Crippen molar-refractivity contribution in [2.75, 3.05) is 44.8 Å². The van der Waals surface area contributed by atoms with Crippen molar-refractivity contribution >= 4 is 33.2 Å². The van der Waals surface area contributed by atoms with E-state index in [4.69, 9.17) is 25.8 Å². The van der Waals surface area contributed by atoms with E-state index in [9.17, 15) is 13.2 Å². The Morgan fingerprint density at radius 1 is 0.959 bits per heavy atom. The van der Waals surface area contributed by atoms with Gasteiger partial charge in [0.1, 0.15) is 12.4 Å². The van der Waals surface area contributed by atoms with E-state index < -0.39 is 21.2 Å². The van der Waals surface area contributed by atoms with Gasteiger partial charge in [0.15, 0.2) is 6.29 Å². The number of aryl methyl sites for hydroxylation is 1. The van der Waals surface area contributed by atoms with E-state index in [2.05, 4.69) is 28.5 Å². The van der Waals surface area contributed by atoms with Crippen LogP contribution in [0.1, 0.15) is 87.2 Å². The minimum atomic E-state index is -3.90. The summed E-state index contributed by atoms with van der Waals surface area (Å²) in [7, 11) is -1.79. The van der Waals surface area contributed by atoms with Gasteiger partial charge in [-0.2, -0.15) is 0 Å². The number of anilines is 1. The highest BCUT2D eigenvalue weighted by atomic mass is 35.5. The van der Waals surface area contributed by atoms with Crippen LogP contribution in [0.2, 0.25) is 5.02 Å². The molecule has 2 aromatic carbocycles. The third-order valence-corrected chi connectivity index (χ3v) is 14.0. The number of fused-ring (bicyclic) bond motifs is 3. The summed E-state index contributed by atoms with van der Waals surface area (Å²) in [5, 5.41) is -0.00105. The third-order valence-electron chi connectivity index (χ3n) is 11.8. The average Bonchev–Trinajstić information content (AvgIpc) is 3.11. The van der Waals surface area contributed by atoms with Crippen LogP contribution in [0, 0.1) is 23.7 Å². The monoisotopic (exact) mass is 715 g/mol. The fourth-order valence-electron chi connectivity index (χ4n) is 8.06. The minimum Gasteiger partial charge on any atom is -0.487 e. The van der Waals surface area contributed by atoms with Crippen LogP contribution in [0.15, 0.2) is 36.4 Å². The predicted molar refractivity (Wildman–Crippen MR) is 194 cm³/mol. The lowest BCUT2D eigenvalue weighted by molar-refractivity contribution is -0.241. The Labute approximate surface area is 298 Å². The molecule has 1 saturated heterocycles. The summed E-state index contributed by atoms with van der Waals surface area (Å²) in [5.74, 6) is 1.04. The first-order valence-corrected chi connectivity index (χ1v) is 20.2. The summed E-state index contributed by atoms with van der Waals surface area (Å²) in [4.78, 5) is 18.2. The zero-order chi connectivity index (χ0) is 34.7. The van der Waals surface area contributed by atoms with Crippen LogP contribution in [0.5, 0.6) is 5.75 Å². The molecule has 0 unspecified atom stereocenters.